The van der Waals surface area contributed by atoms with Crippen LogP contribution in [0.5, 0.6) is 0 Å². The lowest BCUT2D eigenvalue weighted by Gasteiger charge is -2.23. The third kappa shape index (κ3) is 8.87. The van der Waals surface area contributed by atoms with E-state index in [4.69, 9.17) is 15.0 Å². The lowest BCUT2D eigenvalue weighted by Crippen LogP contribution is -2.48. The number of hydrogen-bond donors (Lipinski definition) is 1. The summed E-state index contributed by atoms with van der Waals surface area (Å²) in [6.07, 6.45) is 2.32. The van der Waals surface area contributed by atoms with E-state index in [0.29, 0.717) is 6.42 Å². The van der Waals surface area contributed by atoms with Gasteiger partial charge in [-0.1, -0.05) is 13.8 Å². The van der Waals surface area contributed by atoms with Gasteiger partial charge in [0, 0.05) is 6.42 Å². The third-order valence-electron chi connectivity index (χ3n) is 3.69. The molecule has 26 heavy (non-hydrogen) atoms. The number of nitrogens with one attached hydrogen (secondary N) is 1. The monoisotopic (exact) mass is 367 g/mol. The zero-order chi connectivity index (χ0) is 19.7. The van der Waals surface area contributed by atoms with Crippen molar-refractivity contribution in [2.24, 2.45) is 5.92 Å². The van der Waals surface area contributed by atoms with Gasteiger partial charge < -0.3 is 20.3 Å². The predicted octanol–water partition coefficient (Wildman–Crippen LogP) is 1.67. The Kier molecular flexibility index (Phi) is 9.16. The van der Waals surface area contributed by atoms with Crippen LogP contribution in [-0.4, -0.2) is 53.0 Å². The molecular formula is C18H29N3O5. The van der Waals surface area contributed by atoms with E-state index in [9.17, 15) is 14.4 Å². The van der Waals surface area contributed by atoms with E-state index in [2.05, 4.69) is 10.1 Å². The largest absolute Gasteiger partial charge is 0.461 e. The maximum Gasteiger partial charge on any atom is 0.328 e. The fourth-order valence-electron chi connectivity index (χ4n) is 2.33. The fraction of sp³-hybridized carbons (Fsp3) is 0.778. The molecule has 1 fully saturated rings. The molecule has 0 aromatic carbocycles. The van der Waals surface area contributed by atoms with Gasteiger partial charge in [-0.15, -0.1) is 0 Å². The first-order valence-electron chi connectivity index (χ1n) is 9.09. The van der Waals surface area contributed by atoms with Gasteiger partial charge in [0.25, 0.3) is 0 Å². The van der Waals surface area contributed by atoms with Crippen LogP contribution in [0, 0.1) is 5.92 Å². The molecule has 0 radical (unpaired) electrons. The van der Waals surface area contributed by atoms with E-state index < -0.39 is 23.9 Å². The van der Waals surface area contributed by atoms with E-state index in [0.717, 1.165) is 19.1 Å². The first kappa shape index (κ1) is 22.0. The number of carbonyl (C=O) groups excluding carboxylic acids is 3. The van der Waals surface area contributed by atoms with Crippen LogP contribution in [-0.2, 0) is 23.9 Å². The molecule has 0 aromatic rings. The Labute approximate surface area is 154 Å². The van der Waals surface area contributed by atoms with E-state index in [1.165, 1.54) is 0 Å². The first-order chi connectivity index (χ1) is 12.2. The summed E-state index contributed by atoms with van der Waals surface area (Å²) in [5.74, 6) is -1.17. The number of amides is 1. The fourth-order valence-corrected chi connectivity index (χ4v) is 2.33. The van der Waals surface area contributed by atoms with Crippen LogP contribution in [0.3, 0.4) is 0 Å². The zero-order valence-corrected chi connectivity index (χ0v) is 15.9. The molecule has 0 spiro atoms. The van der Waals surface area contributed by atoms with E-state index in [1.54, 1.807) is 13.8 Å². The SMILES string of the molecule is CC(C)C[C@H](OC1CC1)C(=O)N[C@@H](CCC(=O)C=[N+]=[N-])C(=O)OC(C)C. The van der Waals surface area contributed by atoms with Crippen LogP contribution in [0.15, 0.2) is 0 Å². The van der Waals surface area contributed by atoms with Gasteiger partial charge in [0.1, 0.15) is 12.1 Å². The van der Waals surface area contributed by atoms with Gasteiger partial charge in [-0.05, 0) is 45.4 Å². The Balaban J connectivity index is 2.75. The van der Waals surface area contributed by atoms with E-state index in [1.807, 2.05) is 13.8 Å². The van der Waals surface area contributed by atoms with Crippen LogP contribution in [0.25, 0.3) is 5.53 Å². The van der Waals surface area contributed by atoms with Crippen molar-refractivity contribution in [3.8, 4) is 0 Å². The van der Waals surface area contributed by atoms with Crippen molar-refractivity contribution in [1.82, 2.24) is 5.32 Å². The summed E-state index contributed by atoms with van der Waals surface area (Å²) < 4.78 is 10.9. The molecule has 0 saturated heterocycles. The van der Waals surface area contributed by atoms with Gasteiger partial charge in [0.05, 0.1) is 12.2 Å². The van der Waals surface area contributed by atoms with Crippen molar-refractivity contribution in [2.75, 3.05) is 0 Å². The van der Waals surface area contributed by atoms with Crippen LogP contribution in [0.4, 0.5) is 0 Å². The van der Waals surface area contributed by atoms with Crippen LogP contribution < -0.4 is 5.32 Å². The summed E-state index contributed by atoms with van der Waals surface area (Å²) >= 11 is 0. The van der Waals surface area contributed by atoms with Crippen LogP contribution >= 0.6 is 0 Å². The molecule has 0 unspecified atom stereocenters. The predicted molar refractivity (Wildman–Crippen MR) is 94.4 cm³/mol. The topological polar surface area (TPSA) is 118 Å². The van der Waals surface area contributed by atoms with Crippen molar-refractivity contribution >= 4 is 23.9 Å². The number of hydrogen-bond acceptors (Lipinski definition) is 5. The zero-order valence-electron chi connectivity index (χ0n) is 15.9. The number of esters is 1. The minimum absolute atomic E-state index is 0.0550. The van der Waals surface area contributed by atoms with Crippen molar-refractivity contribution < 1.29 is 28.6 Å². The minimum atomic E-state index is -0.960. The Morgan fingerprint density at radius 3 is 2.38 bits per heavy atom. The Hall–Kier alpha value is -2.05. The molecule has 1 amide bonds. The number of carbonyl (C=O) groups is 3. The number of rotatable bonds is 12. The molecule has 8 nitrogen and oxygen atoms in total. The highest BCUT2D eigenvalue weighted by Gasteiger charge is 2.33. The minimum Gasteiger partial charge on any atom is -0.461 e. The number of nitrogens with zero attached hydrogens (tertiary/aromatic N) is 2. The third-order valence-corrected chi connectivity index (χ3v) is 3.69. The normalized spacial score (nSPS) is 15.9. The number of ether oxygens (including phenoxy) is 2. The molecule has 0 aliphatic heterocycles. The van der Waals surface area contributed by atoms with Crippen molar-refractivity contribution in [1.29, 1.82) is 0 Å². The summed E-state index contributed by atoms with van der Waals surface area (Å²) in [5, 5.41) is 2.66. The molecule has 1 rings (SSSR count). The Morgan fingerprint density at radius 2 is 1.88 bits per heavy atom. The summed E-state index contributed by atoms with van der Waals surface area (Å²) in [5.41, 5.74) is 8.39. The molecule has 1 saturated carbocycles. The summed E-state index contributed by atoms with van der Waals surface area (Å²) in [6, 6.07) is -0.960. The second kappa shape index (κ2) is 10.8. The molecule has 0 aromatic heterocycles. The highest BCUT2D eigenvalue weighted by Crippen LogP contribution is 2.27. The van der Waals surface area contributed by atoms with E-state index >= 15 is 0 Å². The van der Waals surface area contributed by atoms with Gasteiger partial charge in [0.2, 0.25) is 11.7 Å². The quantitative estimate of drug-likeness (QED) is 0.244. The van der Waals surface area contributed by atoms with Crippen molar-refractivity contribution in [3.63, 3.8) is 0 Å². The number of ketones is 1. The van der Waals surface area contributed by atoms with Crippen molar-refractivity contribution in [3.05, 3.63) is 5.53 Å². The van der Waals surface area contributed by atoms with E-state index in [-0.39, 0.29) is 36.9 Å². The van der Waals surface area contributed by atoms with Gasteiger partial charge in [-0.2, -0.15) is 4.79 Å². The highest BCUT2D eigenvalue weighted by molar-refractivity contribution is 6.25. The summed E-state index contributed by atoms with van der Waals surface area (Å²) in [4.78, 5) is 39.1. The lowest BCUT2D eigenvalue weighted by molar-refractivity contribution is -0.153. The first-order valence-corrected chi connectivity index (χ1v) is 9.09. The highest BCUT2D eigenvalue weighted by atomic mass is 16.5. The molecule has 2 atom stereocenters. The average Bonchev–Trinajstić information content (AvgIpc) is 3.33. The molecular weight excluding hydrogens is 338 g/mol. The Morgan fingerprint density at radius 1 is 1.23 bits per heavy atom. The van der Waals surface area contributed by atoms with Crippen molar-refractivity contribution in [2.45, 2.75) is 84.2 Å². The van der Waals surface area contributed by atoms with Gasteiger partial charge in [-0.3, -0.25) is 9.59 Å². The van der Waals surface area contributed by atoms with Gasteiger partial charge in [0.15, 0.2) is 0 Å². The van der Waals surface area contributed by atoms with Gasteiger partial charge >= 0.3 is 12.2 Å². The molecule has 146 valence electrons. The summed E-state index contributed by atoms with van der Waals surface area (Å²) in [7, 11) is 0. The average molecular weight is 367 g/mol. The molecule has 8 heteroatoms. The maximum absolute atomic E-state index is 12.6. The molecule has 1 aliphatic carbocycles. The number of Topliss-reactive ketones (excluding diaryl/α,β-unsaturated/α-hetero) is 1. The smallest absolute Gasteiger partial charge is 0.328 e. The molecule has 0 heterocycles. The van der Waals surface area contributed by atoms with Crippen LogP contribution in [0.1, 0.15) is 59.8 Å². The van der Waals surface area contributed by atoms with Crippen LogP contribution in [0.2, 0.25) is 0 Å². The standard InChI is InChI=1S/C18H29N3O5/c1-11(2)9-16(26-14-6-7-14)17(23)21-15(18(24)25-12(3)4)8-5-13(22)10-20-19/h10-12,14-16H,5-9H2,1-4H3,(H,21,23)/t15-,16-/m0/s1. The maximum atomic E-state index is 12.6. The molecule has 1 aliphatic rings. The second-order valence-electron chi connectivity index (χ2n) is 7.25. The summed E-state index contributed by atoms with van der Waals surface area (Å²) in [6.45, 7) is 7.40. The molecule has 1 N–H and O–H groups in total. The molecule has 0 bridgehead atoms. The second-order valence-corrected chi connectivity index (χ2v) is 7.25. The van der Waals surface area contributed by atoms with Gasteiger partial charge in [-0.25, -0.2) is 4.79 Å². The lowest BCUT2D eigenvalue weighted by atomic mass is 10.0. The Bertz CT molecular complexity index is 547.